The highest BCUT2D eigenvalue weighted by Gasteiger charge is 2.25. The molecule has 0 aliphatic rings. The Labute approximate surface area is 85.8 Å². The van der Waals surface area contributed by atoms with Crippen molar-refractivity contribution in [3.05, 3.63) is 29.8 Å². The molecule has 0 saturated carbocycles. The van der Waals surface area contributed by atoms with Gasteiger partial charge >= 0.3 is 0 Å². The van der Waals surface area contributed by atoms with Crippen molar-refractivity contribution < 1.29 is 0 Å². The van der Waals surface area contributed by atoms with Gasteiger partial charge in [-0.15, -0.1) is 0 Å². The third kappa shape index (κ3) is 2.19. The van der Waals surface area contributed by atoms with Gasteiger partial charge < -0.3 is 5.73 Å². The Bertz CT molecular complexity index is 292. The molecule has 0 fully saturated rings. The van der Waals surface area contributed by atoms with Crippen molar-refractivity contribution in [2.24, 2.45) is 0 Å². The second-order valence-electron chi connectivity index (χ2n) is 4.02. The number of hydrogen-bond donors (Lipinski definition) is 2. The fourth-order valence-electron chi connectivity index (χ4n) is 1.18. The van der Waals surface area contributed by atoms with E-state index < -0.39 is 0 Å². The van der Waals surface area contributed by atoms with Gasteiger partial charge in [0.25, 0.3) is 0 Å². The number of benzene rings is 1. The van der Waals surface area contributed by atoms with Gasteiger partial charge in [0.05, 0.1) is 0 Å². The number of anilines is 1. The van der Waals surface area contributed by atoms with Gasteiger partial charge in [-0.25, -0.2) is 0 Å². The Morgan fingerprint density at radius 1 is 1.38 bits per heavy atom. The average molecular weight is 195 g/mol. The summed E-state index contributed by atoms with van der Waals surface area (Å²) in [4.78, 5) is 0. The van der Waals surface area contributed by atoms with E-state index in [0.717, 1.165) is 5.69 Å². The lowest BCUT2D eigenvalue weighted by Gasteiger charge is -2.29. The van der Waals surface area contributed by atoms with Gasteiger partial charge in [-0.2, -0.15) is 12.6 Å². The molecule has 1 atom stereocenters. The lowest BCUT2D eigenvalue weighted by molar-refractivity contribution is 0.523. The SMILES string of the molecule is CC(S)C(C)(C)c1cccc(N)c1. The van der Waals surface area contributed by atoms with Crippen LogP contribution in [-0.2, 0) is 5.41 Å². The van der Waals surface area contributed by atoms with E-state index >= 15 is 0 Å². The molecule has 2 N–H and O–H groups in total. The highest BCUT2D eigenvalue weighted by molar-refractivity contribution is 7.81. The summed E-state index contributed by atoms with van der Waals surface area (Å²) in [6.07, 6.45) is 0. The van der Waals surface area contributed by atoms with Crippen LogP contribution in [0.25, 0.3) is 0 Å². The molecule has 13 heavy (non-hydrogen) atoms. The minimum absolute atomic E-state index is 0.0679. The minimum Gasteiger partial charge on any atom is -0.399 e. The van der Waals surface area contributed by atoms with Gasteiger partial charge in [0, 0.05) is 16.4 Å². The Kier molecular flexibility index (Phi) is 2.91. The number of nitrogen functional groups attached to an aromatic ring is 1. The van der Waals surface area contributed by atoms with Crippen LogP contribution >= 0.6 is 12.6 Å². The van der Waals surface area contributed by atoms with Crippen molar-refractivity contribution in [3.63, 3.8) is 0 Å². The molecule has 0 aliphatic heterocycles. The zero-order valence-corrected chi connectivity index (χ0v) is 9.31. The summed E-state index contributed by atoms with van der Waals surface area (Å²) in [5.41, 5.74) is 7.86. The van der Waals surface area contributed by atoms with Crippen LogP contribution in [0.2, 0.25) is 0 Å². The second kappa shape index (κ2) is 3.62. The summed E-state index contributed by atoms with van der Waals surface area (Å²) in [6.45, 7) is 6.46. The van der Waals surface area contributed by atoms with E-state index in [2.05, 4.69) is 39.5 Å². The van der Waals surface area contributed by atoms with Gasteiger partial charge in [0.1, 0.15) is 0 Å². The molecule has 0 amide bonds. The summed E-state index contributed by atoms with van der Waals surface area (Å²) in [7, 11) is 0. The van der Waals surface area contributed by atoms with Crippen molar-refractivity contribution in [2.75, 3.05) is 5.73 Å². The van der Waals surface area contributed by atoms with E-state index in [1.165, 1.54) is 5.56 Å². The highest BCUT2D eigenvalue weighted by atomic mass is 32.1. The van der Waals surface area contributed by atoms with Crippen LogP contribution < -0.4 is 5.73 Å². The molecule has 0 radical (unpaired) electrons. The lowest BCUT2D eigenvalue weighted by Crippen LogP contribution is -2.27. The lowest BCUT2D eigenvalue weighted by atomic mass is 9.81. The molecule has 2 heteroatoms. The number of hydrogen-bond acceptors (Lipinski definition) is 2. The Hall–Kier alpha value is -0.630. The Morgan fingerprint density at radius 2 is 2.00 bits per heavy atom. The Balaban J connectivity index is 3.07. The van der Waals surface area contributed by atoms with E-state index in [1.807, 2.05) is 18.2 Å². The van der Waals surface area contributed by atoms with Crippen molar-refractivity contribution in [3.8, 4) is 0 Å². The molecule has 72 valence electrons. The largest absolute Gasteiger partial charge is 0.399 e. The molecular weight excluding hydrogens is 178 g/mol. The van der Waals surface area contributed by atoms with Crippen LogP contribution in [0.4, 0.5) is 5.69 Å². The molecule has 1 rings (SSSR count). The summed E-state index contributed by atoms with van der Waals surface area (Å²) in [5.74, 6) is 0. The molecular formula is C11H17NS. The highest BCUT2D eigenvalue weighted by Crippen LogP contribution is 2.30. The van der Waals surface area contributed by atoms with Crippen molar-refractivity contribution in [1.29, 1.82) is 0 Å². The number of thiol groups is 1. The predicted molar refractivity (Wildman–Crippen MR) is 62.3 cm³/mol. The van der Waals surface area contributed by atoms with Crippen LogP contribution in [0.15, 0.2) is 24.3 Å². The standard InChI is InChI=1S/C11H17NS/c1-8(13)11(2,3)9-5-4-6-10(12)7-9/h4-8,13H,12H2,1-3H3. The third-order valence-electron chi connectivity index (χ3n) is 2.68. The molecule has 1 aromatic carbocycles. The molecule has 0 spiro atoms. The maximum Gasteiger partial charge on any atom is 0.0316 e. The summed E-state index contributed by atoms with van der Waals surface area (Å²) < 4.78 is 0. The van der Waals surface area contributed by atoms with E-state index in [4.69, 9.17) is 5.73 Å². The number of rotatable bonds is 2. The van der Waals surface area contributed by atoms with Gasteiger partial charge in [-0.1, -0.05) is 32.9 Å². The maximum absolute atomic E-state index is 5.73. The van der Waals surface area contributed by atoms with Gasteiger partial charge in [-0.05, 0) is 17.7 Å². The minimum atomic E-state index is 0.0679. The van der Waals surface area contributed by atoms with Gasteiger partial charge in [0.15, 0.2) is 0 Å². The number of nitrogens with two attached hydrogens (primary N) is 1. The zero-order valence-electron chi connectivity index (χ0n) is 8.41. The van der Waals surface area contributed by atoms with E-state index in [9.17, 15) is 0 Å². The van der Waals surface area contributed by atoms with Crippen LogP contribution in [0.1, 0.15) is 26.3 Å². The van der Waals surface area contributed by atoms with Gasteiger partial charge in [-0.3, -0.25) is 0 Å². The van der Waals surface area contributed by atoms with Crippen molar-refractivity contribution in [2.45, 2.75) is 31.4 Å². The van der Waals surface area contributed by atoms with Crippen LogP contribution in [0, 0.1) is 0 Å². The van der Waals surface area contributed by atoms with E-state index in [0.29, 0.717) is 5.25 Å². The van der Waals surface area contributed by atoms with Crippen molar-refractivity contribution >= 4 is 18.3 Å². The molecule has 0 saturated heterocycles. The molecule has 0 aromatic heterocycles. The van der Waals surface area contributed by atoms with Crippen LogP contribution in [-0.4, -0.2) is 5.25 Å². The second-order valence-corrected chi connectivity index (χ2v) is 4.80. The maximum atomic E-state index is 5.73. The molecule has 1 nitrogen and oxygen atoms in total. The summed E-state index contributed by atoms with van der Waals surface area (Å²) in [6, 6.07) is 8.02. The van der Waals surface area contributed by atoms with Crippen molar-refractivity contribution in [1.82, 2.24) is 0 Å². The molecule has 0 heterocycles. The average Bonchev–Trinajstić information content (AvgIpc) is 2.04. The molecule has 0 bridgehead atoms. The van der Waals surface area contributed by atoms with Gasteiger partial charge in [0.2, 0.25) is 0 Å². The fraction of sp³-hybridized carbons (Fsp3) is 0.455. The van der Waals surface area contributed by atoms with Crippen LogP contribution in [0.3, 0.4) is 0 Å². The monoisotopic (exact) mass is 195 g/mol. The first-order valence-corrected chi connectivity index (χ1v) is 5.00. The fourth-order valence-corrected chi connectivity index (χ4v) is 1.33. The molecule has 0 aliphatic carbocycles. The molecule has 1 unspecified atom stereocenters. The topological polar surface area (TPSA) is 26.0 Å². The normalized spacial score (nSPS) is 14.2. The third-order valence-corrected chi connectivity index (χ3v) is 3.32. The quantitative estimate of drug-likeness (QED) is 0.551. The smallest absolute Gasteiger partial charge is 0.0316 e. The Morgan fingerprint density at radius 3 is 2.46 bits per heavy atom. The zero-order chi connectivity index (χ0) is 10.1. The predicted octanol–water partition coefficient (Wildman–Crippen LogP) is 2.86. The first-order valence-electron chi connectivity index (χ1n) is 4.48. The van der Waals surface area contributed by atoms with E-state index in [-0.39, 0.29) is 5.41 Å². The summed E-state index contributed by atoms with van der Waals surface area (Å²) in [5, 5.41) is 0.314. The molecule has 1 aromatic rings. The first kappa shape index (κ1) is 10.5. The first-order chi connectivity index (χ1) is 5.94. The summed E-state index contributed by atoms with van der Waals surface area (Å²) >= 11 is 4.48. The van der Waals surface area contributed by atoms with Crippen LogP contribution in [0.5, 0.6) is 0 Å². The van der Waals surface area contributed by atoms with E-state index in [1.54, 1.807) is 0 Å².